The van der Waals surface area contributed by atoms with Gasteiger partial charge in [-0.15, -0.1) is 6.42 Å². The number of rotatable bonds is 4. The molecule has 0 saturated carbocycles. The maximum Gasteiger partial charge on any atom is 0.347 e. The van der Waals surface area contributed by atoms with Gasteiger partial charge >= 0.3 is 6.03 Å². The van der Waals surface area contributed by atoms with Gasteiger partial charge in [-0.2, -0.15) is 4.99 Å². The molecule has 21 heavy (non-hydrogen) atoms. The van der Waals surface area contributed by atoms with Crippen molar-refractivity contribution in [2.75, 3.05) is 7.11 Å². The highest BCUT2D eigenvalue weighted by molar-refractivity contribution is 6.06. The fourth-order valence-corrected chi connectivity index (χ4v) is 2.68. The number of para-hydroxylation sites is 1. The molecule has 2 rings (SSSR count). The molecule has 5 heteroatoms. The molecule has 1 aliphatic rings. The second kappa shape index (κ2) is 5.49. The van der Waals surface area contributed by atoms with Crippen LogP contribution in [0.15, 0.2) is 29.3 Å². The van der Waals surface area contributed by atoms with Crippen molar-refractivity contribution in [2.24, 2.45) is 10.7 Å². The monoisotopic (exact) mass is 285 g/mol. The van der Waals surface area contributed by atoms with Gasteiger partial charge in [-0.05, 0) is 25.5 Å². The lowest BCUT2D eigenvalue weighted by Gasteiger charge is -2.37. The van der Waals surface area contributed by atoms with Crippen molar-refractivity contribution in [1.82, 2.24) is 4.90 Å². The van der Waals surface area contributed by atoms with E-state index in [2.05, 4.69) is 10.9 Å². The van der Waals surface area contributed by atoms with Crippen LogP contribution < -0.4 is 10.5 Å². The van der Waals surface area contributed by atoms with E-state index in [-0.39, 0.29) is 11.9 Å². The first-order valence-corrected chi connectivity index (χ1v) is 6.70. The van der Waals surface area contributed by atoms with E-state index in [0.29, 0.717) is 6.42 Å². The zero-order valence-corrected chi connectivity index (χ0v) is 12.5. The van der Waals surface area contributed by atoms with E-state index in [1.54, 1.807) is 18.9 Å². The second-order valence-electron chi connectivity index (χ2n) is 5.25. The number of carbonyl (C=O) groups is 1. The van der Waals surface area contributed by atoms with Crippen LogP contribution in [-0.2, 0) is 6.42 Å². The summed E-state index contributed by atoms with van der Waals surface area (Å²) >= 11 is 0. The van der Waals surface area contributed by atoms with Crippen molar-refractivity contribution in [2.45, 2.75) is 31.8 Å². The lowest BCUT2D eigenvalue weighted by molar-refractivity contribution is 0.166. The Morgan fingerprint density at radius 3 is 2.81 bits per heavy atom. The topological polar surface area (TPSA) is 67.9 Å². The summed E-state index contributed by atoms with van der Waals surface area (Å²) < 4.78 is 5.36. The molecule has 1 aromatic rings. The van der Waals surface area contributed by atoms with Gasteiger partial charge in [0.25, 0.3) is 0 Å². The summed E-state index contributed by atoms with van der Waals surface area (Å²) in [6, 6.07) is 6.85. The quantitative estimate of drug-likeness (QED) is 0.858. The van der Waals surface area contributed by atoms with Gasteiger partial charge in [0.05, 0.1) is 13.2 Å². The highest BCUT2D eigenvalue weighted by Gasteiger charge is 2.46. The predicted molar refractivity (Wildman–Crippen MR) is 82.3 cm³/mol. The van der Waals surface area contributed by atoms with Crippen LogP contribution in [0.5, 0.6) is 5.75 Å². The molecule has 1 heterocycles. The molecule has 2 amide bonds. The van der Waals surface area contributed by atoms with Gasteiger partial charge in [0.1, 0.15) is 17.1 Å². The Bertz CT molecular complexity index is 633. The average Bonchev–Trinajstić information content (AvgIpc) is 2.68. The molecule has 5 nitrogen and oxygen atoms in total. The van der Waals surface area contributed by atoms with E-state index < -0.39 is 11.6 Å². The van der Waals surface area contributed by atoms with Gasteiger partial charge in [0, 0.05) is 6.42 Å². The second-order valence-corrected chi connectivity index (χ2v) is 5.25. The molecule has 110 valence electrons. The van der Waals surface area contributed by atoms with Crippen LogP contribution in [0, 0.1) is 12.3 Å². The molecule has 2 N–H and O–H groups in total. The zero-order valence-electron chi connectivity index (χ0n) is 12.5. The van der Waals surface area contributed by atoms with E-state index in [0.717, 1.165) is 11.3 Å². The molecule has 0 bridgehead atoms. The van der Waals surface area contributed by atoms with Crippen molar-refractivity contribution >= 4 is 11.9 Å². The van der Waals surface area contributed by atoms with Crippen molar-refractivity contribution in [3.8, 4) is 18.1 Å². The minimum Gasteiger partial charge on any atom is -0.496 e. The first-order valence-electron chi connectivity index (χ1n) is 6.70. The normalized spacial score (nSPS) is 22.7. The number of hydrogen-bond acceptors (Lipinski definition) is 3. The van der Waals surface area contributed by atoms with Gasteiger partial charge in [-0.3, -0.25) is 4.90 Å². The Kier molecular flexibility index (Phi) is 3.90. The number of ether oxygens (including phenoxy) is 1. The van der Waals surface area contributed by atoms with E-state index in [9.17, 15) is 4.79 Å². The highest BCUT2D eigenvalue weighted by atomic mass is 16.5. The highest BCUT2D eigenvalue weighted by Crippen LogP contribution is 2.32. The smallest absolute Gasteiger partial charge is 0.347 e. The third-order valence-corrected chi connectivity index (χ3v) is 3.86. The number of methoxy groups -OCH3 is 1. The fourth-order valence-electron chi connectivity index (χ4n) is 2.68. The molecular formula is C16H19N3O2. The summed E-state index contributed by atoms with van der Waals surface area (Å²) in [6.45, 7) is 3.66. The number of benzene rings is 1. The van der Waals surface area contributed by atoms with Gasteiger partial charge in [-0.25, -0.2) is 4.79 Å². The number of nitrogens with zero attached hydrogens (tertiary/aromatic N) is 2. The molecule has 0 fully saturated rings. The molecule has 0 saturated heterocycles. The molecule has 0 aliphatic carbocycles. The largest absolute Gasteiger partial charge is 0.496 e. The third kappa shape index (κ3) is 2.45. The van der Waals surface area contributed by atoms with Crippen LogP contribution in [0.4, 0.5) is 4.79 Å². The first-order chi connectivity index (χ1) is 9.93. The predicted octanol–water partition coefficient (Wildman–Crippen LogP) is 1.81. The number of carbonyl (C=O) groups excluding carboxylic acids is 1. The number of amidine groups is 1. The van der Waals surface area contributed by atoms with E-state index in [1.807, 2.05) is 31.2 Å². The summed E-state index contributed by atoms with van der Waals surface area (Å²) in [5, 5.41) is 0. The molecule has 1 aromatic carbocycles. The summed E-state index contributed by atoms with van der Waals surface area (Å²) in [5.74, 6) is 3.60. The van der Waals surface area contributed by atoms with Crippen molar-refractivity contribution in [3.63, 3.8) is 0 Å². The lowest BCUT2D eigenvalue weighted by atomic mass is 9.89. The minimum absolute atomic E-state index is 0.278. The van der Waals surface area contributed by atoms with Gasteiger partial charge in [0.15, 0.2) is 0 Å². The number of hydrogen-bond donors (Lipinski definition) is 1. The number of aliphatic imine (C=N–C) groups is 1. The molecule has 0 spiro atoms. The average molecular weight is 285 g/mol. The Morgan fingerprint density at radius 2 is 2.19 bits per heavy atom. The fraction of sp³-hybridized carbons (Fsp3) is 0.375. The molecule has 0 radical (unpaired) electrons. The van der Waals surface area contributed by atoms with E-state index >= 15 is 0 Å². The van der Waals surface area contributed by atoms with Crippen LogP contribution in [0.3, 0.4) is 0 Å². The third-order valence-electron chi connectivity index (χ3n) is 3.86. The van der Waals surface area contributed by atoms with Crippen LogP contribution in [0.1, 0.15) is 19.4 Å². The number of terminal acetylenes is 1. The van der Waals surface area contributed by atoms with Crippen molar-refractivity contribution in [1.29, 1.82) is 0 Å². The summed E-state index contributed by atoms with van der Waals surface area (Å²) in [4.78, 5) is 17.5. The summed E-state index contributed by atoms with van der Waals surface area (Å²) in [6.07, 6.45) is 5.96. The Balaban J connectivity index is 2.41. The molecule has 2 atom stereocenters. The molecule has 1 aliphatic heterocycles. The SMILES string of the molecule is C#CC(C)N1C(=O)N=C(N)C1(C)Cc1ccccc1OC. The zero-order chi connectivity index (χ0) is 15.6. The number of amides is 2. The Hall–Kier alpha value is -2.48. The summed E-state index contributed by atoms with van der Waals surface area (Å²) in [5.41, 5.74) is 6.20. The van der Waals surface area contributed by atoms with Gasteiger partial charge in [0.2, 0.25) is 0 Å². The van der Waals surface area contributed by atoms with E-state index in [1.165, 1.54) is 0 Å². The van der Waals surface area contributed by atoms with Crippen LogP contribution in [0.25, 0.3) is 0 Å². The van der Waals surface area contributed by atoms with E-state index in [4.69, 9.17) is 16.9 Å². The number of nitrogens with two attached hydrogens (primary N) is 1. The van der Waals surface area contributed by atoms with Crippen molar-refractivity contribution in [3.05, 3.63) is 29.8 Å². The van der Waals surface area contributed by atoms with Crippen LogP contribution >= 0.6 is 0 Å². The van der Waals surface area contributed by atoms with Gasteiger partial charge in [-0.1, -0.05) is 24.1 Å². The minimum atomic E-state index is -0.752. The maximum absolute atomic E-state index is 12.1. The summed E-state index contributed by atoms with van der Waals surface area (Å²) in [7, 11) is 1.61. The maximum atomic E-state index is 12.1. The van der Waals surface area contributed by atoms with Crippen LogP contribution in [0.2, 0.25) is 0 Å². The number of urea groups is 1. The molecular weight excluding hydrogens is 266 g/mol. The lowest BCUT2D eigenvalue weighted by Crippen LogP contribution is -2.56. The molecule has 0 aromatic heterocycles. The van der Waals surface area contributed by atoms with Crippen LogP contribution in [-0.4, -0.2) is 35.5 Å². The molecule has 2 unspecified atom stereocenters. The standard InChI is InChI=1S/C16H19N3O2/c1-5-11(2)19-15(20)18-14(17)16(19,3)10-12-8-6-7-9-13(12)21-4/h1,6-9,11H,10H2,2-4H3,(H2,17,18,20). The van der Waals surface area contributed by atoms with Gasteiger partial charge < -0.3 is 10.5 Å². The first kappa shape index (κ1) is 14.9. The Morgan fingerprint density at radius 1 is 1.52 bits per heavy atom. The van der Waals surface area contributed by atoms with Crippen molar-refractivity contribution < 1.29 is 9.53 Å². The Labute approximate surface area is 124 Å².